The molecule has 1 aromatic carbocycles. The highest BCUT2D eigenvalue weighted by molar-refractivity contribution is 6.08. The highest BCUT2D eigenvalue weighted by atomic mass is 16.5. The van der Waals surface area contributed by atoms with E-state index in [1.807, 2.05) is 6.07 Å². The van der Waals surface area contributed by atoms with Gasteiger partial charge in [0.2, 0.25) is 0 Å². The van der Waals surface area contributed by atoms with Crippen molar-refractivity contribution in [3.05, 3.63) is 53.5 Å². The number of ether oxygens (including phenoxy) is 1. The maximum absolute atomic E-state index is 13.0. The highest BCUT2D eigenvalue weighted by Crippen LogP contribution is 2.44. The number of hydrogen-bond acceptors (Lipinski definition) is 5. The van der Waals surface area contributed by atoms with Crippen LogP contribution >= 0.6 is 0 Å². The molecule has 7 nitrogen and oxygen atoms in total. The van der Waals surface area contributed by atoms with Crippen LogP contribution in [0.3, 0.4) is 0 Å². The van der Waals surface area contributed by atoms with E-state index in [0.29, 0.717) is 23.0 Å². The van der Waals surface area contributed by atoms with Crippen molar-refractivity contribution in [3.63, 3.8) is 0 Å². The summed E-state index contributed by atoms with van der Waals surface area (Å²) in [5.74, 6) is 1.46. The SMILES string of the molecule is CC1(C)Cc2cc(NC(=O)c3cnn4cccnc34)c(C[C@@H]3C[C@H]3CO)cc2O1. The van der Waals surface area contributed by atoms with E-state index in [1.165, 1.54) is 0 Å². The van der Waals surface area contributed by atoms with Gasteiger partial charge in [-0.25, -0.2) is 9.50 Å². The van der Waals surface area contributed by atoms with Crippen molar-refractivity contribution >= 4 is 17.2 Å². The third-order valence-electron chi connectivity index (χ3n) is 5.85. The summed E-state index contributed by atoms with van der Waals surface area (Å²) >= 11 is 0. The Morgan fingerprint density at radius 2 is 2.24 bits per heavy atom. The van der Waals surface area contributed by atoms with Gasteiger partial charge in [-0.15, -0.1) is 0 Å². The van der Waals surface area contributed by atoms with Crippen molar-refractivity contribution in [3.8, 4) is 5.75 Å². The Labute approximate surface area is 168 Å². The number of rotatable bonds is 5. The molecule has 0 unspecified atom stereocenters. The Bertz CT molecular complexity index is 1100. The number of aromatic nitrogens is 3. The molecule has 1 aliphatic heterocycles. The van der Waals surface area contributed by atoms with Crippen molar-refractivity contribution in [1.82, 2.24) is 14.6 Å². The van der Waals surface area contributed by atoms with Crippen LogP contribution in [-0.2, 0) is 12.8 Å². The lowest BCUT2D eigenvalue weighted by atomic mass is 9.97. The Morgan fingerprint density at radius 3 is 3.03 bits per heavy atom. The van der Waals surface area contributed by atoms with Crippen molar-refractivity contribution < 1.29 is 14.6 Å². The summed E-state index contributed by atoms with van der Waals surface area (Å²) in [6, 6.07) is 5.86. The fourth-order valence-corrected chi connectivity index (χ4v) is 4.22. The van der Waals surface area contributed by atoms with E-state index in [1.54, 1.807) is 29.2 Å². The highest BCUT2D eigenvalue weighted by Gasteiger charge is 2.38. The Hall–Kier alpha value is -2.93. The van der Waals surface area contributed by atoms with Gasteiger partial charge in [0.15, 0.2) is 5.65 Å². The van der Waals surface area contributed by atoms with Crippen LogP contribution in [0.2, 0.25) is 0 Å². The minimum Gasteiger partial charge on any atom is -0.487 e. The third kappa shape index (κ3) is 3.35. The average Bonchev–Trinajstić information content (AvgIpc) is 3.16. The molecule has 0 radical (unpaired) electrons. The van der Waals surface area contributed by atoms with E-state index < -0.39 is 0 Å². The van der Waals surface area contributed by atoms with Gasteiger partial charge in [0.1, 0.15) is 16.9 Å². The number of hydrogen-bond donors (Lipinski definition) is 2. The van der Waals surface area contributed by atoms with Crippen LogP contribution in [0.25, 0.3) is 5.65 Å². The quantitative estimate of drug-likeness (QED) is 0.697. The Kier molecular flexibility index (Phi) is 4.10. The van der Waals surface area contributed by atoms with Crippen LogP contribution in [0.1, 0.15) is 41.8 Å². The standard InChI is InChI=1S/C22H24N4O3/c1-22(2)10-15-8-18(14(9-19(15)29-22)6-13-7-16(13)12-27)25-21(28)17-11-24-26-5-3-4-23-20(17)26/h3-5,8-9,11,13,16,27H,6-7,10,12H2,1-2H3,(H,25,28)/t13-,16+/m1/s1. The number of carbonyl (C=O) groups is 1. The van der Waals surface area contributed by atoms with Gasteiger partial charge in [0.05, 0.1) is 6.20 Å². The van der Waals surface area contributed by atoms with Crippen molar-refractivity contribution in [2.75, 3.05) is 11.9 Å². The first kappa shape index (κ1) is 18.1. The number of amides is 1. The molecule has 150 valence electrons. The van der Waals surface area contributed by atoms with Gasteiger partial charge in [-0.05, 0) is 62.3 Å². The van der Waals surface area contributed by atoms with Crippen LogP contribution < -0.4 is 10.1 Å². The molecular formula is C22H24N4O3. The summed E-state index contributed by atoms with van der Waals surface area (Å²) in [5, 5.41) is 16.7. The molecule has 1 amide bonds. The van der Waals surface area contributed by atoms with Crippen molar-refractivity contribution in [2.24, 2.45) is 11.8 Å². The molecule has 1 fully saturated rings. The average molecular weight is 392 g/mol. The van der Waals surface area contributed by atoms with Gasteiger partial charge in [0.25, 0.3) is 5.91 Å². The molecule has 2 N–H and O–H groups in total. The van der Waals surface area contributed by atoms with Crippen LogP contribution in [0.5, 0.6) is 5.75 Å². The number of carbonyl (C=O) groups excluding carboxylic acids is 1. The first-order valence-electron chi connectivity index (χ1n) is 9.99. The second-order valence-electron chi connectivity index (χ2n) is 8.70. The van der Waals surface area contributed by atoms with Gasteiger partial charge in [-0.1, -0.05) is 0 Å². The van der Waals surface area contributed by atoms with E-state index in [-0.39, 0.29) is 18.1 Å². The molecule has 2 aliphatic rings. The fourth-order valence-electron chi connectivity index (χ4n) is 4.22. The van der Waals surface area contributed by atoms with Crippen LogP contribution in [0, 0.1) is 11.8 Å². The summed E-state index contributed by atoms with van der Waals surface area (Å²) in [6.45, 7) is 4.35. The molecule has 1 aliphatic carbocycles. The summed E-state index contributed by atoms with van der Waals surface area (Å²) in [6.07, 6.45) is 7.58. The Balaban J connectivity index is 1.47. The maximum atomic E-state index is 13.0. The maximum Gasteiger partial charge on any atom is 0.261 e. The normalized spacial score (nSPS) is 21.6. The number of anilines is 1. The lowest BCUT2D eigenvalue weighted by Gasteiger charge is -2.17. The van der Waals surface area contributed by atoms with Crippen LogP contribution in [0.4, 0.5) is 5.69 Å². The molecule has 7 heteroatoms. The lowest BCUT2D eigenvalue weighted by molar-refractivity contribution is 0.102. The fraction of sp³-hybridized carbons (Fsp3) is 0.409. The molecular weight excluding hydrogens is 368 g/mol. The summed E-state index contributed by atoms with van der Waals surface area (Å²) in [5.41, 5.74) is 3.66. The van der Waals surface area contributed by atoms with Gasteiger partial charge in [-0.2, -0.15) is 5.10 Å². The van der Waals surface area contributed by atoms with E-state index in [9.17, 15) is 9.90 Å². The zero-order valence-corrected chi connectivity index (χ0v) is 16.6. The molecule has 5 rings (SSSR count). The zero-order valence-electron chi connectivity index (χ0n) is 16.6. The van der Waals surface area contributed by atoms with E-state index in [2.05, 4.69) is 35.3 Å². The van der Waals surface area contributed by atoms with Crippen molar-refractivity contribution in [1.29, 1.82) is 0 Å². The summed E-state index contributed by atoms with van der Waals surface area (Å²) in [4.78, 5) is 17.3. The van der Waals surface area contributed by atoms with Crippen LogP contribution in [0.15, 0.2) is 36.8 Å². The third-order valence-corrected chi connectivity index (χ3v) is 5.85. The number of aliphatic hydroxyl groups excluding tert-OH is 1. The molecule has 1 saturated carbocycles. The van der Waals surface area contributed by atoms with Crippen molar-refractivity contribution in [2.45, 2.75) is 38.7 Å². The first-order chi connectivity index (χ1) is 13.9. The van der Waals surface area contributed by atoms with Crippen LogP contribution in [-0.4, -0.2) is 37.8 Å². The minimum atomic E-state index is -0.248. The summed E-state index contributed by atoms with van der Waals surface area (Å²) < 4.78 is 7.68. The number of benzene rings is 1. The van der Waals surface area contributed by atoms with E-state index in [0.717, 1.165) is 41.8 Å². The van der Waals surface area contributed by atoms with Gasteiger partial charge in [-0.3, -0.25) is 4.79 Å². The van der Waals surface area contributed by atoms with E-state index >= 15 is 0 Å². The molecule has 0 bridgehead atoms. The second kappa shape index (κ2) is 6.56. The Morgan fingerprint density at radius 1 is 1.38 bits per heavy atom. The molecule has 29 heavy (non-hydrogen) atoms. The first-order valence-corrected chi connectivity index (χ1v) is 9.99. The molecule has 2 atom stereocenters. The van der Waals surface area contributed by atoms with E-state index in [4.69, 9.17) is 4.74 Å². The topological polar surface area (TPSA) is 88.8 Å². The number of nitrogens with one attached hydrogen (secondary N) is 1. The number of aliphatic hydroxyl groups is 1. The van der Waals surface area contributed by atoms with Gasteiger partial charge < -0.3 is 15.2 Å². The smallest absolute Gasteiger partial charge is 0.261 e. The second-order valence-corrected chi connectivity index (χ2v) is 8.70. The summed E-state index contributed by atoms with van der Waals surface area (Å²) in [7, 11) is 0. The minimum absolute atomic E-state index is 0.217. The molecule has 2 aromatic heterocycles. The molecule has 0 saturated heterocycles. The molecule has 3 aromatic rings. The predicted octanol–water partition coefficient (Wildman–Crippen LogP) is 2.87. The lowest BCUT2D eigenvalue weighted by Crippen LogP contribution is -2.24. The zero-order chi connectivity index (χ0) is 20.2. The number of fused-ring (bicyclic) bond motifs is 2. The molecule has 0 spiro atoms. The monoisotopic (exact) mass is 392 g/mol. The predicted molar refractivity (Wildman–Crippen MR) is 108 cm³/mol. The number of nitrogens with zero attached hydrogens (tertiary/aromatic N) is 3. The van der Waals surface area contributed by atoms with Gasteiger partial charge in [0, 0.05) is 36.7 Å². The molecule has 3 heterocycles. The largest absolute Gasteiger partial charge is 0.487 e. The van der Waals surface area contributed by atoms with Gasteiger partial charge >= 0.3 is 0 Å².